The summed E-state index contributed by atoms with van der Waals surface area (Å²) in [5, 5.41) is 8.68. The molecule has 4 nitrogen and oxygen atoms in total. The van der Waals surface area contributed by atoms with E-state index in [9.17, 15) is 9.59 Å². The molecule has 0 aliphatic heterocycles. The molecule has 7 heteroatoms. The number of hydrogen-bond donors (Lipinski definition) is 0. The molecule has 178 valence electrons. The molecule has 0 fully saturated rings. The van der Waals surface area contributed by atoms with Gasteiger partial charge in [-0.05, 0) is 39.8 Å². The van der Waals surface area contributed by atoms with Gasteiger partial charge in [-0.3, -0.25) is 9.59 Å². The number of halogens is 2. The molecule has 0 aliphatic rings. The first-order valence-corrected chi connectivity index (χ1v) is 12.4. The van der Waals surface area contributed by atoms with Gasteiger partial charge < -0.3 is 10.6 Å². The molecule has 0 unspecified atom stereocenters. The second-order valence-electron chi connectivity index (χ2n) is 6.64. The van der Waals surface area contributed by atoms with Gasteiger partial charge in [0.25, 0.3) is 0 Å². The molecule has 0 radical (unpaired) electrons. The molecule has 0 atom stereocenters. The first-order chi connectivity index (χ1) is 14.6. The van der Waals surface area contributed by atoms with Crippen LogP contribution >= 0.6 is 20.2 Å². The van der Waals surface area contributed by atoms with Gasteiger partial charge in [0.15, 0.2) is 11.6 Å². The Balaban J connectivity index is 0. The number of aryl methyl sites for hydroxylation is 2. The van der Waals surface area contributed by atoms with Crippen molar-refractivity contribution in [2.75, 3.05) is 0 Å². The van der Waals surface area contributed by atoms with E-state index >= 15 is 0 Å². The van der Waals surface area contributed by atoms with Gasteiger partial charge in [-0.25, -0.2) is 0 Å². The van der Waals surface area contributed by atoms with Crippen LogP contribution in [0.5, 0.6) is 0 Å². The number of benzene rings is 2. The number of carbonyl (C=O) groups excluding carboxylic acids is 2. The van der Waals surface area contributed by atoms with Gasteiger partial charge in [0.1, 0.15) is 0 Å². The van der Waals surface area contributed by atoms with E-state index in [2.05, 4.69) is 10.6 Å². The Kier molecular flexibility index (Phi) is 18.6. The monoisotopic (exact) mass is 518 g/mol. The van der Waals surface area contributed by atoms with E-state index in [-0.39, 0.29) is 32.1 Å². The van der Waals surface area contributed by atoms with E-state index in [4.69, 9.17) is 20.2 Å². The summed E-state index contributed by atoms with van der Waals surface area (Å²) in [5.74, 6) is 0.0552. The van der Waals surface area contributed by atoms with Gasteiger partial charge in [0.05, 0.1) is 0 Å². The van der Waals surface area contributed by atoms with Gasteiger partial charge in [-0.15, -0.1) is 11.4 Å². The van der Waals surface area contributed by atoms with Crippen LogP contribution < -0.4 is 0 Å². The molecule has 2 aromatic rings. The van der Waals surface area contributed by atoms with E-state index in [0.29, 0.717) is 0 Å². The molecule has 0 N–H and O–H groups in total. The Hall–Kier alpha value is -2.04. The van der Waals surface area contributed by atoms with Crippen molar-refractivity contribution in [2.45, 2.75) is 49.0 Å². The van der Waals surface area contributed by atoms with Crippen LogP contribution in [0.1, 0.15) is 46.2 Å². The zero-order valence-electron chi connectivity index (χ0n) is 18.6. The van der Waals surface area contributed by atoms with Crippen LogP contribution in [0.4, 0.5) is 11.4 Å². The van der Waals surface area contributed by atoms with Crippen LogP contribution in [-0.2, 0) is 22.7 Å². The van der Waals surface area contributed by atoms with Gasteiger partial charge in [-0.2, -0.15) is 11.4 Å². The third-order valence-corrected chi connectivity index (χ3v) is 3.65. The van der Waals surface area contributed by atoms with Crippen LogP contribution in [0.25, 0.3) is 10.6 Å². The molecular formula is C25H32Cl2FeN2O2-2. The Labute approximate surface area is 208 Å². The summed E-state index contributed by atoms with van der Waals surface area (Å²) in [6.07, 6.45) is 3.07. The fourth-order valence-electron chi connectivity index (χ4n) is 2.41. The van der Waals surface area contributed by atoms with E-state index in [0.717, 1.165) is 33.9 Å². The number of ketones is 2. The first-order valence-electron chi connectivity index (χ1n) is 9.38. The normalized spacial score (nSPS) is 10.5. The van der Waals surface area contributed by atoms with Gasteiger partial charge in [0.2, 0.25) is 0 Å². The van der Waals surface area contributed by atoms with Crippen molar-refractivity contribution >= 4 is 43.1 Å². The van der Waals surface area contributed by atoms with Crippen LogP contribution in [0, 0.1) is 13.8 Å². The Morgan fingerprint density at radius 1 is 0.719 bits per heavy atom. The molecule has 0 aromatic heterocycles. The van der Waals surface area contributed by atoms with E-state index < -0.39 is 0 Å². The SMILES string of the molecule is C.CC(=O)C=C(C)[N-]c1ccccc1C.CC(=O)C=C(C)[N-]c1ccccc1C.[Cl][Fe][Cl]. The van der Waals surface area contributed by atoms with Crippen molar-refractivity contribution in [1.29, 1.82) is 0 Å². The predicted molar refractivity (Wildman–Crippen MR) is 136 cm³/mol. The van der Waals surface area contributed by atoms with Crippen molar-refractivity contribution in [2.24, 2.45) is 0 Å². The quantitative estimate of drug-likeness (QED) is 0.283. The molecule has 0 aliphatic carbocycles. The maximum atomic E-state index is 10.8. The Bertz CT molecular complexity index is 839. The van der Waals surface area contributed by atoms with Crippen molar-refractivity contribution in [3.63, 3.8) is 0 Å². The molecule has 0 amide bonds. The molecule has 2 rings (SSSR count). The molecule has 0 saturated carbocycles. The Morgan fingerprint density at radius 2 is 1.00 bits per heavy atom. The fraction of sp³-hybridized carbons (Fsp3) is 0.280. The number of carbonyl (C=O) groups is 2. The molecule has 0 saturated heterocycles. The average molecular weight is 519 g/mol. The summed E-state index contributed by atoms with van der Waals surface area (Å²) in [6, 6.07) is 15.7. The fourth-order valence-corrected chi connectivity index (χ4v) is 2.41. The average Bonchev–Trinajstić information content (AvgIpc) is 2.65. The predicted octanol–water partition coefficient (Wildman–Crippen LogP) is 9.00. The van der Waals surface area contributed by atoms with Crippen molar-refractivity contribution in [1.82, 2.24) is 0 Å². The Morgan fingerprint density at radius 3 is 1.25 bits per heavy atom. The summed E-state index contributed by atoms with van der Waals surface area (Å²) in [6.45, 7) is 10.7. The van der Waals surface area contributed by atoms with Crippen LogP contribution in [0.3, 0.4) is 0 Å². The molecule has 32 heavy (non-hydrogen) atoms. The third-order valence-electron chi connectivity index (χ3n) is 3.65. The summed E-state index contributed by atoms with van der Waals surface area (Å²) in [5.41, 5.74) is 5.55. The minimum absolute atomic E-state index is 0. The van der Waals surface area contributed by atoms with Crippen LogP contribution in [0.2, 0.25) is 0 Å². The van der Waals surface area contributed by atoms with Crippen molar-refractivity contribution in [3.05, 3.63) is 93.8 Å². The van der Waals surface area contributed by atoms with Gasteiger partial charge in [0, 0.05) is 0 Å². The maximum absolute atomic E-state index is 10.8. The van der Waals surface area contributed by atoms with E-state index in [1.165, 1.54) is 26.0 Å². The second kappa shape index (κ2) is 18.5. The number of para-hydroxylation sites is 2. The summed E-state index contributed by atoms with van der Waals surface area (Å²) in [4.78, 5) is 21.6. The molecular weight excluding hydrogens is 487 g/mol. The zero-order chi connectivity index (χ0) is 23.8. The molecule has 0 heterocycles. The number of nitrogens with zero attached hydrogens (tertiary/aromatic N) is 2. The topological polar surface area (TPSA) is 62.3 Å². The van der Waals surface area contributed by atoms with Gasteiger partial charge in [-0.1, -0.05) is 80.9 Å². The number of rotatable bonds is 6. The molecule has 2 aromatic carbocycles. The van der Waals surface area contributed by atoms with E-state index in [1.807, 2.05) is 76.2 Å². The summed E-state index contributed by atoms with van der Waals surface area (Å²) < 4.78 is 0. The standard InChI is InChI=1S/2C12H15NO.CH4.2ClH.Fe/c2*1-9-6-4-5-7-12(9)13-10(2)8-11(3)14;;;;/h2*4-8H,1-3H3,(H,13,14);1H4;2*1H;/q;;;;;+2/p-4. The third kappa shape index (κ3) is 15.7. The number of hydrogen-bond acceptors (Lipinski definition) is 2. The van der Waals surface area contributed by atoms with Crippen molar-refractivity contribution < 1.29 is 22.7 Å². The second-order valence-corrected chi connectivity index (χ2v) is 8.46. The summed E-state index contributed by atoms with van der Waals surface area (Å²) in [7, 11) is 9.53. The molecule has 0 spiro atoms. The summed E-state index contributed by atoms with van der Waals surface area (Å²) >= 11 is 0.194. The molecule has 0 bridgehead atoms. The zero-order valence-corrected chi connectivity index (χ0v) is 21.2. The minimum atomic E-state index is 0. The van der Waals surface area contributed by atoms with Crippen molar-refractivity contribution in [3.8, 4) is 0 Å². The van der Waals surface area contributed by atoms with E-state index in [1.54, 1.807) is 0 Å². The van der Waals surface area contributed by atoms with Gasteiger partial charge >= 0.3 is 33.3 Å². The number of allylic oxidation sites excluding steroid dienone is 4. The van der Waals surface area contributed by atoms with Crippen LogP contribution in [0.15, 0.2) is 72.1 Å². The van der Waals surface area contributed by atoms with Crippen LogP contribution in [-0.4, -0.2) is 11.6 Å². The first kappa shape index (κ1) is 32.1.